The van der Waals surface area contributed by atoms with Gasteiger partial charge in [0.2, 0.25) is 15.9 Å². The maximum Gasteiger partial charge on any atom is 0.490 e. The van der Waals surface area contributed by atoms with E-state index < -0.39 is 33.7 Å². The first-order valence-corrected chi connectivity index (χ1v) is 14.3. The lowest BCUT2D eigenvalue weighted by atomic mass is 9.90. The number of hydrogen-bond acceptors (Lipinski definition) is 8. The highest BCUT2D eigenvalue weighted by molar-refractivity contribution is 7.89. The molecule has 0 saturated carbocycles. The topological polar surface area (TPSA) is 172 Å². The fourth-order valence-electron chi connectivity index (χ4n) is 4.22. The largest absolute Gasteiger partial charge is 0.490 e. The van der Waals surface area contributed by atoms with Gasteiger partial charge in [-0.05, 0) is 41.7 Å². The van der Waals surface area contributed by atoms with E-state index in [0.29, 0.717) is 58.8 Å². The summed E-state index contributed by atoms with van der Waals surface area (Å²) < 4.78 is 69.3. The van der Waals surface area contributed by atoms with Gasteiger partial charge in [-0.25, -0.2) is 13.2 Å². The lowest BCUT2D eigenvalue weighted by Crippen LogP contribution is -2.58. The number of amides is 1. The first kappa shape index (κ1) is 33.0. The minimum Gasteiger partial charge on any atom is -0.475 e. The van der Waals surface area contributed by atoms with E-state index in [2.05, 4.69) is 11.4 Å². The molecule has 0 bridgehead atoms. The number of carbonyl (C=O) groups is 2. The molecule has 228 valence electrons. The van der Waals surface area contributed by atoms with Gasteiger partial charge in [0.1, 0.15) is 6.04 Å². The monoisotopic (exact) mass is 612 g/mol. The van der Waals surface area contributed by atoms with Gasteiger partial charge in [0.25, 0.3) is 0 Å². The van der Waals surface area contributed by atoms with Crippen LogP contribution in [0.25, 0.3) is 11.1 Å². The van der Waals surface area contributed by atoms with Crippen molar-refractivity contribution in [2.75, 3.05) is 39.5 Å². The Morgan fingerprint density at radius 2 is 1.48 bits per heavy atom. The predicted molar refractivity (Wildman–Crippen MR) is 143 cm³/mol. The van der Waals surface area contributed by atoms with Gasteiger partial charge in [-0.2, -0.15) is 22.7 Å². The Labute approximate surface area is 241 Å². The lowest BCUT2D eigenvalue weighted by Gasteiger charge is -2.32. The van der Waals surface area contributed by atoms with E-state index in [9.17, 15) is 31.6 Å². The van der Waals surface area contributed by atoms with Crippen LogP contribution in [0, 0.1) is 11.3 Å². The molecule has 2 aliphatic rings. The molecule has 1 atom stereocenters. The van der Waals surface area contributed by atoms with Crippen LogP contribution in [-0.2, 0) is 35.5 Å². The maximum atomic E-state index is 12.8. The number of carboxylic acids is 1. The number of nitriles is 1. The highest BCUT2D eigenvalue weighted by atomic mass is 32.2. The van der Waals surface area contributed by atoms with Crippen molar-refractivity contribution in [3.05, 3.63) is 54.1 Å². The molecule has 4 N–H and O–H groups in total. The number of hydrogen-bond donors (Lipinski definition) is 3. The second kappa shape index (κ2) is 14.1. The molecule has 11 nitrogen and oxygen atoms in total. The van der Waals surface area contributed by atoms with Crippen molar-refractivity contribution in [2.45, 2.75) is 41.9 Å². The van der Waals surface area contributed by atoms with Crippen LogP contribution in [-0.4, -0.2) is 87.0 Å². The van der Waals surface area contributed by atoms with Crippen LogP contribution in [0.4, 0.5) is 13.2 Å². The standard InChI is InChI=1S/C25H30N4O5S.C2HF3O2/c26-18-22(28-24(30)25(27)9-13-33-14-10-25)17-19-1-3-20(4-2-19)21-5-7-23(8-6-21)35(31,32)29-11-15-34-16-12-29;3-2(4,5)1(6)7/h1-8,22H,9-17,27H2,(H,28,30);(H,6,7)/t22-;/m0./s1. The lowest BCUT2D eigenvalue weighted by molar-refractivity contribution is -0.192. The second-order valence-corrected chi connectivity index (χ2v) is 11.6. The van der Waals surface area contributed by atoms with Crippen LogP contribution in [0.1, 0.15) is 18.4 Å². The molecule has 2 saturated heterocycles. The zero-order chi connectivity index (χ0) is 31.0. The first-order chi connectivity index (χ1) is 19.8. The minimum absolute atomic E-state index is 0.259. The number of alkyl halides is 3. The van der Waals surface area contributed by atoms with Gasteiger partial charge in [-0.1, -0.05) is 36.4 Å². The van der Waals surface area contributed by atoms with Crippen LogP contribution in [0.5, 0.6) is 0 Å². The number of halogens is 3. The summed E-state index contributed by atoms with van der Waals surface area (Å²) in [5.41, 5.74) is 7.91. The summed E-state index contributed by atoms with van der Waals surface area (Å²) in [6, 6.07) is 15.9. The zero-order valence-corrected chi connectivity index (χ0v) is 23.3. The molecular weight excluding hydrogens is 581 g/mol. The molecule has 1 amide bonds. The Kier molecular flexibility index (Phi) is 11.0. The fraction of sp³-hybridized carbons (Fsp3) is 0.444. The molecule has 2 aromatic carbocycles. The maximum absolute atomic E-state index is 12.8. The fourth-order valence-corrected chi connectivity index (χ4v) is 5.63. The summed E-state index contributed by atoms with van der Waals surface area (Å²) in [6.07, 6.45) is -3.87. The SMILES string of the molecule is N#C[C@H](Cc1ccc(-c2ccc(S(=O)(=O)N3CCOCC3)cc2)cc1)NC(=O)C1(N)CCOCC1.O=C(O)C(F)(F)F. The molecule has 0 aliphatic carbocycles. The molecule has 2 aliphatic heterocycles. The van der Waals surface area contributed by atoms with Crippen molar-refractivity contribution in [2.24, 2.45) is 5.73 Å². The quantitative estimate of drug-likeness (QED) is 0.423. The molecule has 42 heavy (non-hydrogen) atoms. The van der Waals surface area contributed by atoms with E-state index in [0.717, 1.165) is 16.7 Å². The Hall–Kier alpha value is -3.55. The Balaban J connectivity index is 0.000000616. The molecule has 2 fully saturated rings. The first-order valence-electron chi connectivity index (χ1n) is 12.9. The molecule has 2 heterocycles. The van der Waals surface area contributed by atoms with Crippen molar-refractivity contribution in [3.63, 3.8) is 0 Å². The van der Waals surface area contributed by atoms with Gasteiger partial charge in [0, 0.05) is 32.7 Å². The highest BCUT2D eigenvalue weighted by Gasteiger charge is 2.38. The van der Waals surface area contributed by atoms with Gasteiger partial charge in [0.15, 0.2) is 0 Å². The summed E-state index contributed by atoms with van der Waals surface area (Å²) in [6.45, 7) is 2.39. The summed E-state index contributed by atoms with van der Waals surface area (Å²) >= 11 is 0. The van der Waals surface area contributed by atoms with Crippen molar-refractivity contribution in [1.29, 1.82) is 5.26 Å². The average molecular weight is 613 g/mol. The molecule has 15 heteroatoms. The van der Waals surface area contributed by atoms with E-state index in [4.69, 9.17) is 25.1 Å². The number of nitrogens with two attached hydrogens (primary N) is 1. The second-order valence-electron chi connectivity index (χ2n) is 9.67. The van der Waals surface area contributed by atoms with Gasteiger partial charge < -0.3 is 25.6 Å². The number of ether oxygens (including phenoxy) is 2. The number of carbonyl (C=O) groups excluding carboxylic acids is 1. The minimum atomic E-state index is -5.08. The Morgan fingerprint density at radius 1 is 1.00 bits per heavy atom. The normalized spacial score (nSPS) is 18.1. The van der Waals surface area contributed by atoms with E-state index >= 15 is 0 Å². The van der Waals surface area contributed by atoms with Gasteiger partial charge in [-0.15, -0.1) is 0 Å². The van der Waals surface area contributed by atoms with E-state index in [1.54, 1.807) is 24.3 Å². The summed E-state index contributed by atoms with van der Waals surface area (Å²) in [7, 11) is -3.53. The zero-order valence-electron chi connectivity index (χ0n) is 22.5. The number of aliphatic carboxylic acids is 1. The van der Waals surface area contributed by atoms with Gasteiger partial charge in [-0.3, -0.25) is 4.79 Å². The van der Waals surface area contributed by atoms with Crippen LogP contribution in [0.3, 0.4) is 0 Å². The van der Waals surface area contributed by atoms with Crippen molar-refractivity contribution < 1.29 is 45.8 Å². The molecule has 0 radical (unpaired) electrons. The van der Waals surface area contributed by atoms with E-state index in [1.165, 1.54) is 4.31 Å². The van der Waals surface area contributed by atoms with E-state index in [-0.39, 0.29) is 10.8 Å². The van der Waals surface area contributed by atoms with Crippen molar-refractivity contribution in [3.8, 4) is 17.2 Å². The molecular formula is C27H31F3N4O7S. The predicted octanol–water partition coefficient (Wildman–Crippen LogP) is 2.07. The molecule has 0 spiro atoms. The van der Waals surface area contributed by atoms with Crippen LogP contribution in [0.2, 0.25) is 0 Å². The summed E-state index contributed by atoms with van der Waals surface area (Å²) in [5.74, 6) is -3.08. The molecule has 0 unspecified atom stereocenters. The van der Waals surface area contributed by atoms with Crippen LogP contribution >= 0.6 is 0 Å². The number of carboxylic acid groups (broad SMARTS) is 1. The van der Waals surface area contributed by atoms with Gasteiger partial charge >= 0.3 is 12.1 Å². The summed E-state index contributed by atoms with van der Waals surface area (Å²) in [5, 5.41) is 19.4. The Bertz CT molecular complexity index is 1370. The van der Waals surface area contributed by atoms with Crippen molar-refractivity contribution in [1.82, 2.24) is 9.62 Å². The van der Waals surface area contributed by atoms with Gasteiger partial charge in [0.05, 0.1) is 29.7 Å². The number of benzene rings is 2. The number of rotatable bonds is 7. The molecule has 0 aromatic heterocycles. The number of nitrogens with zero attached hydrogens (tertiary/aromatic N) is 2. The highest BCUT2D eigenvalue weighted by Crippen LogP contribution is 2.24. The number of nitrogens with one attached hydrogen (secondary N) is 1. The summed E-state index contributed by atoms with van der Waals surface area (Å²) in [4.78, 5) is 21.8. The third-order valence-electron chi connectivity index (χ3n) is 6.73. The molecule has 2 aromatic rings. The van der Waals surface area contributed by atoms with Crippen LogP contribution in [0.15, 0.2) is 53.4 Å². The molecule has 4 rings (SSSR count). The smallest absolute Gasteiger partial charge is 0.475 e. The average Bonchev–Trinajstić information content (AvgIpc) is 2.98. The third kappa shape index (κ3) is 8.73. The van der Waals surface area contributed by atoms with E-state index in [1.807, 2.05) is 24.3 Å². The van der Waals surface area contributed by atoms with Crippen molar-refractivity contribution >= 4 is 21.9 Å². The third-order valence-corrected chi connectivity index (χ3v) is 8.64. The number of sulfonamides is 1. The Morgan fingerprint density at radius 3 is 1.95 bits per heavy atom. The number of morpholine rings is 1. The van der Waals surface area contributed by atoms with Crippen LogP contribution < -0.4 is 11.1 Å².